The summed E-state index contributed by atoms with van der Waals surface area (Å²) in [7, 11) is 1.39. The second kappa shape index (κ2) is 5.80. The minimum Gasteiger partial charge on any atom is -0.465 e. The fraction of sp³-hybridized carbons (Fsp3) is 0.692. The Morgan fingerprint density at radius 1 is 1.44 bits per heavy atom. The fourth-order valence-corrected chi connectivity index (χ4v) is 3.53. The van der Waals surface area contributed by atoms with Gasteiger partial charge in [0.15, 0.2) is 0 Å². The summed E-state index contributed by atoms with van der Waals surface area (Å²) in [5.41, 5.74) is -0.274. The van der Waals surface area contributed by atoms with Crippen molar-refractivity contribution in [2.24, 2.45) is 0 Å². The Morgan fingerprint density at radius 3 is 2.78 bits per heavy atom. The quantitative estimate of drug-likeness (QED) is 0.788. The van der Waals surface area contributed by atoms with Crippen LogP contribution in [0.1, 0.15) is 53.7 Å². The molecule has 1 saturated carbocycles. The maximum atomic E-state index is 11.5. The lowest BCUT2D eigenvalue weighted by Gasteiger charge is -2.35. The molecule has 1 heterocycles. The van der Waals surface area contributed by atoms with Crippen LogP contribution in [0.25, 0.3) is 0 Å². The number of esters is 1. The third-order valence-electron chi connectivity index (χ3n) is 3.36. The fourth-order valence-electron chi connectivity index (χ4n) is 2.50. The maximum absolute atomic E-state index is 11.5. The number of nitrogens with zero attached hydrogens (tertiary/aromatic N) is 1. The second-order valence-corrected chi connectivity index (χ2v) is 5.54. The van der Waals surface area contributed by atoms with Crippen molar-refractivity contribution in [3.8, 4) is 0 Å². The molecule has 0 atom stereocenters. The molecular formula is C13H19NO3S. The predicted octanol–water partition coefficient (Wildman–Crippen LogP) is 3.13. The Hall–Kier alpha value is -0.940. The predicted molar refractivity (Wildman–Crippen MR) is 69.8 cm³/mol. The highest BCUT2D eigenvalue weighted by Gasteiger charge is 2.37. The van der Waals surface area contributed by atoms with Crippen LogP contribution in [-0.4, -0.2) is 24.7 Å². The van der Waals surface area contributed by atoms with E-state index in [1.165, 1.54) is 24.9 Å². The molecule has 1 aliphatic rings. The molecule has 0 N–H and O–H groups in total. The van der Waals surface area contributed by atoms with Crippen LogP contribution < -0.4 is 0 Å². The van der Waals surface area contributed by atoms with Gasteiger partial charge in [0.25, 0.3) is 0 Å². The zero-order valence-electron chi connectivity index (χ0n) is 10.9. The van der Waals surface area contributed by atoms with Crippen molar-refractivity contribution < 1.29 is 14.3 Å². The largest absolute Gasteiger partial charge is 0.465 e. The summed E-state index contributed by atoms with van der Waals surface area (Å²) in [6.45, 7) is 2.68. The molecule has 18 heavy (non-hydrogen) atoms. The van der Waals surface area contributed by atoms with Gasteiger partial charge >= 0.3 is 5.97 Å². The molecule has 4 nitrogen and oxygen atoms in total. The van der Waals surface area contributed by atoms with Crippen molar-refractivity contribution in [1.29, 1.82) is 0 Å². The molecule has 0 saturated heterocycles. The van der Waals surface area contributed by atoms with Gasteiger partial charge in [0.1, 0.15) is 15.5 Å². The molecule has 1 fully saturated rings. The van der Waals surface area contributed by atoms with Crippen LogP contribution >= 0.6 is 11.3 Å². The first-order valence-electron chi connectivity index (χ1n) is 6.40. The van der Waals surface area contributed by atoms with E-state index in [1.54, 1.807) is 6.20 Å². The Morgan fingerprint density at radius 2 is 2.17 bits per heavy atom. The zero-order chi connectivity index (χ0) is 13.0. The zero-order valence-corrected chi connectivity index (χ0v) is 11.7. The first kappa shape index (κ1) is 13.5. The molecule has 0 amide bonds. The third kappa shape index (κ3) is 2.57. The number of thiazole rings is 1. The standard InChI is InChI=1S/C13H19NO3S/c1-3-17-13(7-5-4-6-8-13)12-14-9-10(18-12)11(15)16-2/h9H,3-8H2,1-2H3. The highest BCUT2D eigenvalue weighted by atomic mass is 32.1. The number of hydrogen-bond acceptors (Lipinski definition) is 5. The topological polar surface area (TPSA) is 48.4 Å². The van der Waals surface area contributed by atoms with Gasteiger partial charge in [-0.05, 0) is 19.8 Å². The molecule has 1 aliphatic carbocycles. The number of methoxy groups -OCH3 is 1. The lowest BCUT2D eigenvalue weighted by molar-refractivity contribution is -0.0704. The van der Waals surface area contributed by atoms with E-state index in [2.05, 4.69) is 4.98 Å². The third-order valence-corrected chi connectivity index (χ3v) is 4.53. The smallest absolute Gasteiger partial charge is 0.349 e. The molecule has 5 heteroatoms. The number of rotatable bonds is 4. The molecule has 0 unspecified atom stereocenters. The van der Waals surface area contributed by atoms with E-state index < -0.39 is 0 Å². The van der Waals surface area contributed by atoms with E-state index in [9.17, 15) is 4.79 Å². The van der Waals surface area contributed by atoms with Crippen molar-refractivity contribution in [2.75, 3.05) is 13.7 Å². The average molecular weight is 269 g/mol. The van der Waals surface area contributed by atoms with E-state index in [0.717, 1.165) is 30.7 Å². The van der Waals surface area contributed by atoms with Gasteiger partial charge < -0.3 is 9.47 Å². The van der Waals surface area contributed by atoms with Crippen molar-refractivity contribution in [3.05, 3.63) is 16.1 Å². The van der Waals surface area contributed by atoms with Crippen LogP contribution in [0.3, 0.4) is 0 Å². The Balaban J connectivity index is 2.25. The van der Waals surface area contributed by atoms with E-state index in [4.69, 9.17) is 9.47 Å². The lowest BCUT2D eigenvalue weighted by Crippen LogP contribution is -2.32. The Labute approximate surface area is 111 Å². The van der Waals surface area contributed by atoms with Gasteiger partial charge in [-0.25, -0.2) is 9.78 Å². The monoisotopic (exact) mass is 269 g/mol. The van der Waals surface area contributed by atoms with E-state index in [0.29, 0.717) is 11.5 Å². The lowest BCUT2D eigenvalue weighted by atomic mass is 9.85. The molecule has 0 aliphatic heterocycles. The van der Waals surface area contributed by atoms with Crippen LogP contribution in [0, 0.1) is 0 Å². The van der Waals surface area contributed by atoms with Crippen molar-refractivity contribution >= 4 is 17.3 Å². The summed E-state index contributed by atoms with van der Waals surface area (Å²) in [5.74, 6) is -0.318. The second-order valence-electron chi connectivity index (χ2n) is 4.51. The molecule has 100 valence electrons. The summed E-state index contributed by atoms with van der Waals surface area (Å²) in [6.07, 6.45) is 7.16. The minimum absolute atomic E-state index is 0.274. The number of carbonyl (C=O) groups is 1. The Bertz CT molecular complexity index is 405. The average Bonchev–Trinajstić information content (AvgIpc) is 2.89. The maximum Gasteiger partial charge on any atom is 0.349 e. The summed E-state index contributed by atoms with van der Waals surface area (Å²) in [4.78, 5) is 16.4. The van der Waals surface area contributed by atoms with Gasteiger partial charge in [0.2, 0.25) is 0 Å². The summed E-state index contributed by atoms with van der Waals surface area (Å²) in [5, 5.41) is 0.921. The molecule has 1 aromatic rings. The molecule has 2 rings (SSSR count). The van der Waals surface area contributed by atoms with Gasteiger partial charge in [-0.15, -0.1) is 11.3 Å². The SMILES string of the molecule is CCOC1(c2ncc(C(=O)OC)s2)CCCCC1. The summed E-state index contributed by atoms with van der Waals surface area (Å²) < 4.78 is 10.7. The summed E-state index contributed by atoms with van der Waals surface area (Å²) >= 11 is 1.40. The van der Waals surface area contributed by atoms with E-state index in [1.807, 2.05) is 6.92 Å². The molecule has 0 aromatic carbocycles. The number of aromatic nitrogens is 1. The van der Waals surface area contributed by atoms with Gasteiger partial charge in [-0.3, -0.25) is 0 Å². The molecule has 1 aromatic heterocycles. The normalized spacial score (nSPS) is 18.6. The van der Waals surface area contributed by atoms with E-state index in [-0.39, 0.29) is 11.6 Å². The molecular weight excluding hydrogens is 250 g/mol. The van der Waals surface area contributed by atoms with Gasteiger partial charge in [0, 0.05) is 6.61 Å². The van der Waals surface area contributed by atoms with Crippen molar-refractivity contribution in [1.82, 2.24) is 4.98 Å². The number of carbonyl (C=O) groups excluding carboxylic acids is 1. The highest BCUT2D eigenvalue weighted by molar-refractivity contribution is 7.13. The van der Waals surface area contributed by atoms with Gasteiger partial charge in [0.05, 0.1) is 13.3 Å². The van der Waals surface area contributed by atoms with Crippen LogP contribution in [0.2, 0.25) is 0 Å². The van der Waals surface area contributed by atoms with Crippen molar-refractivity contribution in [2.45, 2.75) is 44.6 Å². The minimum atomic E-state index is -0.318. The number of ether oxygens (including phenoxy) is 2. The Kier molecular flexibility index (Phi) is 4.35. The van der Waals surface area contributed by atoms with Gasteiger partial charge in [-0.2, -0.15) is 0 Å². The molecule has 0 radical (unpaired) electrons. The molecule has 0 spiro atoms. The van der Waals surface area contributed by atoms with Crippen molar-refractivity contribution in [3.63, 3.8) is 0 Å². The highest BCUT2D eigenvalue weighted by Crippen LogP contribution is 2.42. The van der Waals surface area contributed by atoms with E-state index >= 15 is 0 Å². The molecule has 0 bridgehead atoms. The first-order valence-corrected chi connectivity index (χ1v) is 7.22. The summed E-state index contributed by atoms with van der Waals surface area (Å²) in [6, 6.07) is 0. The van der Waals surface area contributed by atoms with Crippen LogP contribution in [-0.2, 0) is 15.1 Å². The van der Waals surface area contributed by atoms with Gasteiger partial charge in [-0.1, -0.05) is 19.3 Å². The first-order chi connectivity index (χ1) is 8.72. The van der Waals surface area contributed by atoms with Crippen LogP contribution in [0.15, 0.2) is 6.20 Å². The number of hydrogen-bond donors (Lipinski definition) is 0. The van der Waals surface area contributed by atoms with Crippen LogP contribution in [0.4, 0.5) is 0 Å². The van der Waals surface area contributed by atoms with Crippen LogP contribution in [0.5, 0.6) is 0 Å².